The Morgan fingerprint density at radius 2 is 2.00 bits per heavy atom. The Hall–Kier alpha value is -0.650. The second kappa shape index (κ2) is 2.69. The molecule has 0 bridgehead atoms. The van der Waals surface area contributed by atoms with Crippen LogP contribution < -0.4 is 0 Å². The van der Waals surface area contributed by atoms with Gasteiger partial charge in [0.05, 0.1) is 0 Å². The van der Waals surface area contributed by atoms with Gasteiger partial charge >= 0.3 is 0 Å². The van der Waals surface area contributed by atoms with Gasteiger partial charge in [0, 0.05) is 5.92 Å². The highest BCUT2D eigenvalue weighted by molar-refractivity contribution is 7.87. The first-order chi connectivity index (χ1) is 5.38. The zero-order valence-corrected chi connectivity index (χ0v) is 7.32. The van der Waals surface area contributed by atoms with Crippen molar-refractivity contribution < 1.29 is 18.1 Å². The van der Waals surface area contributed by atoms with Gasteiger partial charge in [-0.05, 0) is 6.08 Å². The highest BCUT2D eigenvalue weighted by Gasteiger charge is 2.43. The Morgan fingerprint density at radius 1 is 1.42 bits per heavy atom. The summed E-state index contributed by atoms with van der Waals surface area (Å²) in [7, 11) is -4.46. The van der Waals surface area contributed by atoms with E-state index >= 15 is 0 Å². The maximum atomic E-state index is 10.7. The van der Waals surface area contributed by atoms with Crippen LogP contribution in [0.1, 0.15) is 6.92 Å². The molecule has 2 atom stereocenters. The molecule has 0 aliphatic heterocycles. The van der Waals surface area contributed by atoms with Crippen LogP contribution in [0.3, 0.4) is 0 Å². The summed E-state index contributed by atoms with van der Waals surface area (Å²) in [6, 6.07) is 0. The molecular formula is C7H10O4S. The van der Waals surface area contributed by atoms with Crippen molar-refractivity contribution in [2.75, 3.05) is 0 Å². The molecule has 0 aromatic heterocycles. The van der Waals surface area contributed by atoms with Crippen molar-refractivity contribution in [3.05, 3.63) is 24.3 Å². The fraction of sp³-hybridized carbons (Fsp3) is 0.429. The van der Waals surface area contributed by atoms with E-state index in [-0.39, 0.29) is 0 Å². The summed E-state index contributed by atoms with van der Waals surface area (Å²) in [6.45, 7) is 1.51. The molecule has 0 saturated carbocycles. The first-order valence-electron chi connectivity index (χ1n) is 3.43. The average Bonchev–Trinajstić information content (AvgIpc) is 1.93. The van der Waals surface area contributed by atoms with Crippen LogP contribution in [0.15, 0.2) is 24.3 Å². The zero-order valence-electron chi connectivity index (χ0n) is 6.51. The summed E-state index contributed by atoms with van der Waals surface area (Å²) < 4.78 is 30.2. The SMILES string of the molecule is CC1C=CC=CC1(O)S(=O)(=O)O. The second-order valence-electron chi connectivity index (χ2n) is 2.76. The normalized spacial score (nSPS) is 35.4. The van der Waals surface area contributed by atoms with E-state index in [0.717, 1.165) is 6.08 Å². The van der Waals surface area contributed by atoms with Crippen molar-refractivity contribution in [2.24, 2.45) is 5.92 Å². The first kappa shape index (κ1) is 9.44. The molecule has 1 aliphatic rings. The minimum atomic E-state index is -4.46. The van der Waals surface area contributed by atoms with Crippen LogP contribution in [0.2, 0.25) is 0 Å². The minimum absolute atomic E-state index is 0.641. The van der Waals surface area contributed by atoms with Crippen LogP contribution in [-0.2, 0) is 10.1 Å². The van der Waals surface area contributed by atoms with Crippen LogP contribution in [0, 0.1) is 5.92 Å². The zero-order chi connectivity index (χ0) is 9.41. The lowest BCUT2D eigenvalue weighted by Gasteiger charge is -2.27. The third-order valence-electron chi connectivity index (χ3n) is 1.91. The molecule has 0 amide bonds. The first-order valence-corrected chi connectivity index (χ1v) is 4.87. The van der Waals surface area contributed by atoms with E-state index < -0.39 is 21.0 Å². The molecule has 12 heavy (non-hydrogen) atoms. The van der Waals surface area contributed by atoms with Crippen molar-refractivity contribution >= 4 is 10.1 Å². The van der Waals surface area contributed by atoms with Gasteiger partial charge in [-0.25, -0.2) is 0 Å². The molecule has 1 aliphatic carbocycles. The Morgan fingerprint density at radius 3 is 2.33 bits per heavy atom. The summed E-state index contributed by atoms with van der Waals surface area (Å²) >= 11 is 0. The largest absolute Gasteiger partial charge is 0.369 e. The quantitative estimate of drug-likeness (QED) is 0.584. The molecule has 2 N–H and O–H groups in total. The van der Waals surface area contributed by atoms with Crippen LogP contribution >= 0.6 is 0 Å². The van der Waals surface area contributed by atoms with Gasteiger partial charge in [0.25, 0.3) is 10.1 Å². The Kier molecular flexibility index (Phi) is 2.11. The standard InChI is InChI=1S/C7H10O4S/c1-6-4-2-3-5-7(6,8)12(9,10)11/h2-6,8H,1H3,(H,9,10,11). The van der Waals surface area contributed by atoms with Crippen molar-refractivity contribution in [1.29, 1.82) is 0 Å². The van der Waals surface area contributed by atoms with Crippen LogP contribution in [-0.4, -0.2) is 23.0 Å². The smallest absolute Gasteiger partial charge is 0.299 e. The molecule has 0 radical (unpaired) electrons. The second-order valence-corrected chi connectivity index (χ2v) is 4.36. The van der Waals surface area contributed by atoms with Gasteiger partial charge < -0.3 is 5.11 Å². The van der Waals surface area contributed by atoms with E-state index in [1.54, 1.807) is 6.08 Å². The van der Waals surface area contributed by atoms with Crippen molar-refractivity contribution in [1.82, 2.24) is 0 Å². The maximum absolute atomic E-state index is 10.7. The lowest BCUT2D eigenvalue weighted by molar-refractivity contribution is 0.123. The summed E-state index contributed by atoms with van der Waals surface area (Å²) in [4.78, 5) is -2.16. The van der Waals surface area contributed by atoms with E-state index in [4.69, 9.17) is 4.55 Å². The van der Waals surface area contributed by atoms with Gasteiger partial charge in [-0.1, -0.05) is 25.2 Å². The molecule has 1 rings (SSSR count). The van der Waals surface area contributed by atoms with Gasteiger partial charge in [0.15, 0.2) is 0 Å². The Balaban J connectivity index is 3.16. The fourth-order valence-electron chi connectivity index (χ4n) is 1.03. The molecule has 5 heteroatoms. The number of rotatable bonds is 1. The van der Waals surface area contributed by atoms with Gasteiger partial charge in [0.2, 0.25) is 4.93 Å². The molecule has 2 unspecified atom stereocenters. The number of aliphatic hydroxyl groups is 1. The number of hydrogen-bond acceptors (Lipinski definition) is 3. The Bertz CT molecular complexity index is 327. The molecule has 68 valence electrons. The average molecular weight is 190 g/mol. The highest BCUT2D eigenvalue weighted by Crippen LogP contribution is 2.28. The molecule has 0 aromatic rings. The topological polar surface area (TPSA) is 74.6 Å². The van der Waals surface area contributed by atoms with Crippen LogP contribution in [0.25, 0.3) is 0 Å². The van der Waals surface area contributed by atoms with Gasteiger partial charge in [-0.3, -0.25) is 4.55 Å². The summed E-state index contributed by atoms with van der Waals surface area (Å²) in [5, 5.41) is 9.50. The summed E-state index contributed by atoms with van der Waals surface area (Å²) in [6.07, 6.45) is 5.57. The molecule has 4 nitrogen and oxygen atoms in total. The predicted octanol–water partition coefficient (Wildman–Crippen LogP) is 0.325. The molecule has 0 saturated heterocycles. The molecule has 0 aromatic carbocycles. The molecular weight excluding hydrogens is 180 g/mol. The number of hydrogen-bond donors (Lipinski definition) is 2. The fourth-order valence-corrected chi connectivity index (χ4v) is 1.83. The highest BCUT2D eigenvalue weighted by atomic mass is 32.2. The summed E-state index contributed by atoms with van der Waals surface area (Å²) in [5.41, 5.74) is 0. The third kappa shape index (κ3) is 1.31. The van der Waals surface area contributed by atoms with Crippen molar-refractivity contribution in [2.45, 2.75) is 11.9 Å². The predicted molar refractivity (Wildman–Crippen MR) is 43.9 cm³/mol. The number of allylic oxidation sites excluding steroid dienone is 2. The van der Waals surface area contributed by atoms with Gasteiger partial charge in [-0.15, -0.1) is 0 Å². The van der Waals surface area contributed by atoms with E-state index in [9.17, 15) is 13.5 Å². The van der Waals surface area contributed by atoms with Crippen molar-refractivity contribution in [3.8, 4) is 0 Å². The maximum Gasteiger partial charge on any atom is 0.299 e. The van der Waals surface area contributed by atoms with Gasteiger partial charge in [0.1, 0.15) is 0 Å². The lowest BCUT2D eigenvalue weighted by atomic mass is 9.99. The molecule has 0 fully saturated rings. The Labute approximate surface area is 71.0 Å². The van der Waals surface area contributed by atoms with Crippen molar-refractivity contribution in [3.63, 3.8) is 0 Å². The monoisotopic (exact) mass is 190 g/mol. The molecule has 0 spiro atoms. The molecule has 0 heterocycles. The van der Waals surface area contributed by atoms with E-state index in [0.29, 0.717) is 0 Å². The van der Waals surface area contributed by atoms with Gasteiger partial charge in [-0.2, -0.15) is 8.42 Å². The van der Waals surface area contributed by atoms with Crippen LogP contribution in [0.5, 0.6) is 0 Å². The third-order valence-corrected chi connectivity index (χ3v) is 3.25. The van der Waals surface area contributed by atoms with E-state index in [1.165, 1.54) is 19.1 Å². The minimum Gasteiger partial charge on any atom is -0.369 e. The van der Waals surface area contributed by atoms with Crippen LogP contribution in [0.4, 0.5) is 0 Å². The lowest BCUT2D eigenvalue weighted by Crippen LogP contribution is -2.42. The van der Waals surface area contributed by atoms with E-state index in [2.05, 4.69) is 0 Å². The summed E-state index contributed by atoms with van der Waals surface area (Å²) in [5.74, 6) is -0.641. The van der Waals surface area contributed by atoms with E-state index in [1.807, 2.05) is 0 Å².